The smallest absolute Gasteiger partial charge is 0.341 e. The second-order valence-electron chi connectivity index (χ2n) is 6.17. The third-order valence-corrected chi connectivity index (χ3v) is 5.27. The second-order valence-corrected chi connectivity index (χ2v) is 6.96. The number of carbonyl (C=O) groups is 3. The Bertz CT molecular complexity index is 902. The van der Waals surface area contributed by atoms with Crippen LogP contribution in [0.25, 0.3) is 0 Å². The van der Waals surface area contributed by atoms with E-state index in [9.17, 15) is 14.4 Å². The number of ether oxygens (including phenoxy) is 2. The number of esters is 2. The molecular weight excluding hydrogens is 380 g/mol. The van der Waals surface area contributed by atoms with Crippen LogP contribution in [0.4, 0.5) is 0 Å². The van der Waals surface area contributed by atoms with Gasteiger partial charge in [-0.05, 0) is 29.5 Å². The number of nitrogens with zero attached hydrogens (tertiary/aromatic N) is 2. The third-order valence-electron chi connectivity index (χ3n) is 4.55. The lowest BCUT2D eigenvalue weighted by Crippen LogP contribution is -2.50. The molecule has 1 aromatic heterocycles. The number of methoxy groups -OCH3 is 1. The Labute approximate surface area is 167 Å². The van der Waals surface area contributed by atoms with Gasteiger partial charge in [-0.2, -0.15) is 0 Å². The van der Waals surface area contributed by atoms with Gasteiger partial charge in [0.25, 0.3) is 5.91 Å². The van der Waals surface area contributed by atoms with E-state index in [0.29, 0.717) is 17.0 Å². The van der Waals surface area contributed by atoms with Crippen molar-refractivity contribution in [2.24, 2.45) is 0 Å². The molecular formula is C20H20N2O5S. The summed E-state index contributed by atoms with van der Waals surface area (Å²) in [7, 11) is 1.29. The Hall–Kier alpha value is -2.87. The summed E-state index contributed by atoms with van der Waals surface area (Å²) in [6, 6.07) is 10.1. The molecule has 7 nitrogen and oxygen atoms in total. The molecule has 0 saturated carbocycles. The Morgan fingerprint density at radius 1 is 1.18 bits per heavy atom. The largest absolute Gasteiger partial charge is 0.467 e. The number of pyridine rings is 1. The van der Waals surface area contributed by atoms with E-state index in [4.69, 9.17) is 9.47 Å². The molecule has 1 amide bonds. The first-order valence-corrected chi connectivity index (χ1v) is 9.87. The monoisotopic (exact) mass is 400 g/mol. The number of thioether (sulfide) groups is 1. The van der Waals surface area contributed by atoms with Gasteiger partial charge in [0, 0.05) is 19.2 Å². The van der Waals surface area contributed by atoms with Crippen molar-refractivity contribution in [1.82, 2.24) is 9.88 Å². The molecule has 0 fully saturated rings. The van der Waals surface area contributed by atoms with Crippen LogP contribution in [0.2, 0.25) is 0 Å². The summed E-state index contributed by atoms with van der Waals surface area (Å²) < 4.78 is 10.1. The van der Waals surface area contributed by atoms with Crippen LogP contribution in [0.5, 0.6) is 0 Å². The van der Waals surface area contributed by atoms with Gasteiger partial charge < -0.3 is 14.4 Å². The van der Waals surface area contributed by atoms with Crippen molar-refractivity contribution < 1.29 is 23.9 Å². The highest BCUT2D eigenvalue weighted by Crippen LogP contribution is 2.24. The summed E-state index contributed by atoms with van der Waals surface area (Å²) in [5, 5.41) is 0.527. The average Bonchev–Trinajstić information content (AvgIpc) is 2.75. The highest BCUT2D eigenvalue weighted by Gasteiger charge is 2.35. The number of hydrogen-bond acceptors (Lipinski definition) is 7. The van der Waals surface area contributed by atoms with E-state index in [1.54, 1.807) is 24.6 Å². The molecule has 0 radical (unpaired) electrons. The van der Waals surface area contributed by atoms with Crippen LogP contribution in [0, 0.1) is 0 Å². The zero-order valence-electron chi connectivity index (χ0n) is 15.6. The highest BCUT2D eigenvalue weighted by molar-refractivity contribution is 7.98. The van der Waals surface area contributed by atoms with Gasteiger partial charge in [-0.25, -0.2) is 14.6 Å². The fourth-order valence-corrected chi connectivity index (χ4v) is 3.67. The van der Waals surface area contributed by atoms with E-state index in [1.807, 2.05) is 24.3 Å². The summed E-state index contributed by atoms with van der Waals surface area (Å²) >= 11 is 1.32. The molecule has 2 heterocycles. The van der Waals surface area contributed by atoms with E-state index in [-0.39, 0.29) is 6.54 Å². The van der Waals surface area contributed by atoms with Crippen LogP contribution in [0.1, 0.15) is 21.5 Å². The van der Waals surface area contributed by atoms with Gasteiger partial charge in [-0.1, -0.05) is 24.3 Å². The number of amides is 1. The van der Waals surface area contributed by atoms with Crippen molar-refractivity contribution in [1.29, 1.82) is 0 Å². The predicted molar refractivity (Wildman–Crippen MR) is 103 cm³/mol. The molecule has 0 bridgehead atoms. The van der Waals surface area contributed by atoms with Crippen molar-refractivity contribution in [2.75, 3.05) is 20.0 Å². The zero-order chi connectivity index (χ0) is 20.1. The van der Waals surface area contributed by atoms with E-state index in [2.05, 4.69) is 4.98 Å². The minimum atomic E-state index is -0.744. The van der Waals surface area contributed by atoms with Crippen LogP contribution >= 0.6 is 11.8 Å². The molecule has 0 unspecified atom stereocenters. The van der Waals surface area contributed by atoms with E-state index in [1.165, 1.54) is 23.8 Å². The fraction of sp³-hybridized carbons (Fsp3) is 0.300. The van der Waals surface area contributed by atoms with Gasteiger partial charge in [-0.15, -0.1) is 11.8 Å². The Morgan fingerprint density at radius 2 is 1.93 bits per heavy atom. The topological polar surface area (TPSA) is 85.8 Å². The SMILES string of the molecule is COC(=O)[C@H]1Cc2ccccc2CN1C(=O)COC(=O)c1cccnc1SC. The zero-order valence-corrected chi connectivity index (χ0v) is 16.4. The van der Waals surface area contributed by atoms with E-state index in [0.717, 1.165) is 11.1 Å². The lowest BCUT2D eigenvalue weighted by atomic mass is 9.94. The van der Waals surface area contributed by atoms with Gasteiger partial charge >= 0.3 is 11.9 Å². The lowest BCUT2D eigenvalue weighted by Gasteiger charge is -2.35. The number of aromatic nitrogens is 1. The van der Waals surface area contributed by atoms with E-state index >= 15 is 0 Å². The number of fused-ring (bicyclic) bond motifs is 1. The molecule has 1 atom stereocenters. The van der Waals surface area contributed by atoms with Gasteiger partial charge in [0.15, 0.2) is 6.61 Å². The first-order valence-electron chi connectivity index (χ1n) is 8.65. The predicted octanol–water partition coefficient (Wildman–Crippen LogP) is 2.09. The van der Waals surface area contributed by atoms with Crippen LogP contribution in [0.15, 0.2) is 47.6 Å². The van der Waals surface area contributed by atoms with Crippen LogP contribution in [-0.4, -0.2) is 53.7 Å². The standard InChI is InChI=1S/C20H20N2O5S/c1-26-20(25)16-10-13-6-3-4-7-14(13)11-22(16)17(23)12-27-19(24)15-8-5-9-21-18(15)28-2/h3-9,16H,10-12H2,1-2H3/t16-/m1/s1. The number of benzene rings is 1. The Kier molecular flexibility index (Phi) is 6.30. The van der Waals surface area contributed by atoms with Crippen molar-refractivity contribution in [3.8, 4) is 0 Å². The molecule has 2 aromatic rings. The number of rotatable bonds is 5. The average molecular weight is 400 g/mol. The van der Waals surface area contributed by atoms with Gasteiger partial charge in [0.2, 0.25) is 0 Å². The highest BCUT2D eigenvalue weighted by atomic mass is 32.2. The molecule has 0 saturated heterocycles. The summed E-state index contributed by atoms with van der Waals surface area (Å²) in [5.41, 5.74) is 2.26. The maximum atomic E-state index is 12.7. The first-order chi connectivity index (χ1) is 13.5. The molecule has 0 spiro atoms. The lowest BCUT2D eigenvalue weighted by molar-refractivity contribution is -0.155. The van der Waals surface area contributed by atoms with Crippen LogP contribution in [-0.2, 0) is 32.0 Å². The summed E-state index contributed by atoms with van der Waals surface area (Å²) in [4.78, 5) is 42.8. The maximum absolute atomic E-state index is 12.7. The molecule has 8 heteroatoms. The second kappa shape index (κ2) is 8.88. The summed E-state index contributed by atoms with van der Waals surface area (Å²) in [5.74, 6) is -1.57. The quantitative estimate of drug-likeness (QED) is 0.561. The molecule has 0 N–H and O–H groups in total. The maximum Gasteiger partial charge on any atom is 0.341 e. The minimum Gasteiger partial charge on any atom is -0.467 e. The summed E-state index contributed by atoms with van der Waals surface area (Å²) in [6.07, 6.45) is 3.75. The molecule has 1 aliphatic heterocycles. The van der Waals surface area contributed by atoms with Crippen molar-refractivity contribution in [3.05, 3.63) is 59.3 Å². The van der Waals surface area contributed by atoms with E-state index < -0.39 is 30.5 Å². The molecule has 1 aliphatic rings. The number of hydrogen-bond donors (Lipinski definition) is 0. The molecule has 146 valence electrons. The molecule has 1 aromatic carbocycles. The van der Waals surface area contributed by atoms with Crippen molar-refractivity contribution in [3.63, 3.8) is 0 Å². The summed E-state index contributed by atoms with van der Waals surface area (Å²) in [6.45, 7) is -0.202. The normalized spacial score (nSPS) is 15.5. The van der Waals surface area contributed by atoms with Crippen LogP contribution in [0.3, 0.4) is 0 Å². The van der Waals surface area contributed by atoms with Crippen molar-refractivity contribution >= 4 is 29.6 Å². The molecule has 3 rings (SSSR count). The Morgan fingerprint density at radius 3 is 2.64 bits per heavy atom. The minimum absolute atomic E-state index is 0.259. The first kappa shape index (κ1) is 19.9. The van der Waals surface area contributed by atoms with Gasteiger partial charge in [-0.3, -0.25) is 4.79 Å². The van der Waals surface area contributed by atoms with Crippen molar-refractivity contribution in [2.45, 2.75) is 24.0 Å². The molecule has 28 heavy (non-hydrogen) atoms. The van der Waals surface area contributed by atoms with Crippen LogP contribution < -0.4 is 0 Å². The van der Waals surface area contributed by atoms with Gasteiger partial charge in [0.05, 0.1) is 12.7 Å². The fourth-order valence-electron chi connectivity index (χ4n) is 3.13. The van der Waals surface area contributed by atoms with Gasteiger partial charge in [0.1, 0.15) is 11.1 Å². The third kappa shape index (κ3) is 4.17. The molecule has 0 aliphatic carbocycles. The number of carbonyl (C=O) groups excluding carboxylic acids is 3. The Balaban J connectivity index is 1.73.